The number of rotatable bonds is 7. The Kier molecular flexibility index (Phi) is 6.96. The summed E-state index contributed by atoms with van der Waals surface area (Å²) in [5.74, 6) is 0.149. The maximum atomic E-state index is 11.4. The number of hydrogen-bond donors (Lipinski definition) is 1. The molecule has 0 saturated carbocycles. The molecule has 1 amide bonds. The number of carbonyl (C=O) groups excluding carboxylic acids is 2. The van der Waals surface area contributed by atoms with Gasteiger partial charge in [0.25, 0.3) is 0 Å². The van der Waals surface area contributed by atoms with Crippen molar-refractivity contribution in [1.82, 2.24) is 10.2 Å². The highest BCUT2D eigenvalue weighted by Crippen LogP contribution is 1.99. The lowest BCUT2D eigenvalue weighted by Crippen LogP contribution is -2.42. The molecule has 0 aliphatic carbocycles. The Morgan fingerprint density at radius 2 is 1.93 bits per heavy atom. The van der Waals surface area contributed by atoms with Crippen molar-refractivity contribution in [2.24, 2.45) is 0 Å². The molecule has 0 heterocycles. The van der Waals surface area contributed by atoms with E-state index in [-0.39, 0.29) is 24.3 Å². The monoisotopic (exact) mass is 214 g/mol. The molecule has 0 bridgehead atoms. The molecule has 15 heavy (non-hydrogen) atoms. The summed E-state index contributed by atoms with van der Waals surface area (Å²) in [6.45, 7) is 6.66. The van der Waals surface area contributed by atoms with Crippen molar-refractivity contribution in [3.63, 3.8) is 0 Å². The van der Waals surface area contributed by atoms with E-state index in [1.165, 1.54) is 0 Å². The molecule has 0 aromatic rings. The highest BCUT2D eigenvalue weighted by atomic mass is 16.2. The largest absolute Gasteiger partial charge is 0.355 e. The first-order valence-electron chi connectivity index (χ1n) is 5.52. The molecule has 4 heteroatoms. The van der Waals surface area contributed by atoms with Gasteiger partial charge in [-0.3, -0.25) is 14.5 Å². The summed E-state index contributed by atoms with van der Waals surface area (Å²) in [5, 5.41) is 2.78. The van der Waals surface area contributed by atoms with Gasteiger partial charge in [0, 0.05) is 13.0 Å². The van der Waals surface area contributed by atoms with Crippen LogP contribution in [0.4, 0.5) is 0 Å². The lowest BCUT2D eigenvalue weighted by atomic mass is 10.1. The molecule has 0 aromatic heterocycles. The Morgan fingerprint density at radius 1 is 1.33 bits per heavy atom. The van der Waals surface area contributed by atoms with Crippen LogP contribution in [0.25, 0.3) is 0 Å². The molecular formula is C11H22N2O2. The number of amides is 1. The van der Waals surface area contributed by atoms with E-state index in [4.69, 9.17) is 0 Å². The SMILES string of the molecule is CCCNC(=O)CN(C)C(C)C(=O)CC. The van der Waals surface area contributed by atoms with Gasteiger partial charge in [-0.25, -0.2) is 0 Å². The molecule has 0 radical (unpaired) electrons. The first-order chi connectivity index (χ1) is 7.02. The summed E-state index contributed by atoms with van der Waals surface area (Å²) in [6, 6.07) is -0.178. The molecule has 0 fully saturated rings. The summed E-state index contributed by atoms with van der Waals surface area (Å²) >= 11 is 0. The minimum Gasteiger partial charge on any atom is -0.355 e. The lowest BCUT2D eigenvalue weighted by Gasteiger charge is -2.22. The average Bonchev–Trinajstić information content (AvgIpc) is 2.23. The molecule has 0 aliphatic rings. The fourth-order valence-corrected chi connectivity index (χ4v) is 1.22. The molecule has 0 aromatic carbocycles. The summed E-state index contributed by atoms with van der Waals surface area (Å²) in [7, 11) is 1.80. The van der Waals surface area contributed by atoms with Crippen LogP contribution >= 0.6 is 0 Å². The maximum Gasteiger partial charge on any atom is 0.234 e. The number of Topliss-reactive ketones (excluding diaryl/α,β-unsaturated/α-hetero) is 1. The third-order valence-electron chi connectivity index (χ3n) is 2.44. The molecule has 0 spiro atoms. The summed E-state index contributed by atoms with van der Waals surface area (Å²) < 4.78 is 0. The van der Waals surface area contributed by atoms with Gasteiger partial charge in [-0.1, -0.05) is 13.8 Å². The van der Waals surface area contributed by atoms with Crippen LogP contribution in [0, 0.1) is 0 Å². The predicted octanol–water partition coefficient (Wildman–Crippen LogP) is 0.812. The highest BCUT2D eigenvalue weighted by molar-refractivity contribution is 5.84. The second kappa shape index (κ2) is 7.40. The number of nitrogens with one attached hydrogen (secondary N) is 1. The molecule has 1 unspecified atom stereocenters. The minimum atomic E-state index is -0.178. The van der Waals surface area contributed by atoms with E-state index < -0.39 is 0 Å². The van der Waals surface area contributed by atoms with Crippen LogP contribution in [-0.4, -0.2) is 42.8 Å². The van der Waals surface area contributed by atoms with Crippen LogP contribution in [0.5, 0.6) is 0 Å². The summed E-state index contributed by atoms with van der Waals surface area (Å²) in [4.78, 5) is 24.5. The van der Waals surface area contributed by atoms with Gasteiger partial charge in [0.2, 0.25) is 5.91 Å². The maximum absolute atomic E-state index is 11.4. The summed E-state index contributed by atoms with van der Waals surface area (Å²) in [6.07, 6.45) is 1.45. The molecule has 88 valence electrons. The van der Waals surface area contributed by atoms with Gasteiger partial charge < -0.3 is 5.32 Å². The molecule has 4 nitrogen and oxygen atoms in total. The number of hydrogen-bond acceptors (Lipinski definition) is 3. The van der Waals surface area contributed by atoms with Gasteiger partial charge in [-0.05, 0) is 20.4 Å². The van der Waals surface area contributed by atoms with Gasteiger partial charge in [-0.15, -0.1) is 0 Å². The number of carbonyl (C=O) groups is 2. The van der Waals surface area contributed by atoms with E-state index in [9.17, 15) is 9.59 Å². The van der Waals surface area contributed by atoms with Crippen molar-refractivity contribution in [2.75, 3.05) is 20.1 Å². The van der Waals surface area contributed by atoms with Crippen molar-refractivity contribution in [3.05, 3.63) is 0 Å². The zero-order valence-corrected chi connectivity index (χ0v) is 10.2. The quantitative estimate of drug-likeness (QED) is 0.682. The predicted molar refractivity (Wildman–Crippen MR) is 60.7 cm³/mol. The van der Waals surface area contributed by atoms with E-state index in [2.05, 4.69) is 5.32 Å². The molecule has 0 saturated heterocycles. The molecular weight excluding hydrogens is 192 g/mol. The van der Waals surface area contributed by atoms with Crippen LogP contribution in [0.1, 0.15) is 33.6 Å². The van der Waals surface area contributed by atoms with Gasteiger partial charge in [0.05, 0.1) is 12.6 Å². The minimum absolute atomic E-state index is 0.0184. The van der Waals surface area contributed by atoms with Crippen LogP contribution < -0.4 is 5.32 Å². The van der Waals surface area contributed by atoms with E-state index in [1.54, 1.807) is 11.9 Å². The van der Waals surface area contributed by atoms with E-state index in [1.807, 2.05) is 20.8 Å². The van der Waals surface area contributed by atoms with Crippen molar-refractivity contribution in [2.45, 2.75) is 39.7 Å². The van der Waals surface area contributed by atoms with Crippen LogP contribution in [0.3, 0.4) is 0 Å². The van der Waals surface area contributed by atoms with Crippen LogP contribution in [0.2, 0.25) is 0 Å². The average molecular weight is 214 g/mol. The van der Waals surface area contributed by atoms with Crippen LogP contribution in [-0.2, 0) is 9.59 Å². The fraction of sp³-hybridized carbons (Fsp3) is 0.818. The van der Waals surface area contributed by atoms with Crippen molar-refractivity contribution in [3.8, 4) is 0 Å². The van der Waals surface area contributed by atoms with Gasteiger partial charge in [0.15, 0.2) is 0 Å². The Morgan fingerprint density at radius 3 is 2.40 bits per heavy atom. The third kappa shape index (κ3) is 5.52. The van der Waals surface area contributed by atoms with Crippen molar-refractivity contribution < 1.29 is 9.59 Å². The number of nitrogens with zero attached hydrogens (tertiary/aromatic N) is 1. The third-order valence-corrected chi connectivity index (χ3v) is 2.44. The van der Waals surface area contributed by atoms with Crippen molar-refractivity contribution in [1.29, 1.82) is 0 Å². The zero-order valence-electron chi connectivity index (χ0n) is 10.2. The summed E-state index contributed by atoms with van der Waals surface area (Å²) in [5.41, 5.74) is 0. The zero-order chi connectivity index (χ0) is 11.8. The standard InChI is InChI=1S/C11H22N2O2/c1-5-7-12-11(15)8-13(4)9(3)10(14)6-2/h9H,5-8H2,1-4H3,(H,12,15). The van der Waals surface area contributed by atoms with E-state index in [0.29, 0.717) is 13.0 Å². The first kappa shape index (κ1) is 14.1. The van der Waals surface area contributed by atoms with Gasteiger partial charge in [0.1, 0.15) is 5.78 Å². The fourth-order valence-electron chi connectivity index (χ4n) is 1.22. The second-order valence-electron chi connectivity index (χ2n) is 3.76. The Balaban J connectivity index is 3.95. The van der Waals surface area contributed by atoms with Crippen LogP contribution in [0.15, 0.2) is 0 Å². The number of ketones is 1. The van der Waals surface area contributed by atoms with E-state index in [0.717, 1.165) is 6.42 Å². The Bertz CT molecular complexity index is 217. The molecule has 1 N–H and O–H groups in total. The highest BCUT2D eigenvalue weighted by Gasteiger charge is 2.17. The molecule has 0 rings (SSSR count). The van der Waals surface area contributed by atoms with E-state index >= 15 is 0 Å². The Labute approximate surface area is 92.0 Å². The molecule has 1 atom stereocenters. The van der Waals surface area contributed by atoms with Crippen molar-refractivity contribution >= 4 is 11.7 Å². The normalized spacial score (nSPS) is 12.6. The Hall–Kier alpha value is -0.900. The lowest BCUT2D eigenvalue weighted by molar-refractivity contribution is -0.126. The molecule has 0 aliphatic heterocycles. The number of likely N-dealkylation sites (N-methyl/N-ethyl adjacent to an activating group) is 1. The van der Waals surface area contributed by atoms with Gasteiger partial charge >= 0.3 is 0 Å². The second-order valence-corrected chi connectivity index (χ2v) is 3.76. The first-order valence-corrected chi connectivity index (χ1v) is 5.52. The van der Waals surface area contributed by atoms with Gasteiger partial charge in [-0.2, -0.15) is 0 Å². The topological polar surface area (TPSA) is 49.4 Å². The smallest absolute Gasteiger partial charge is 0.234 e.